The van der Waals surface area contributed by atoms with Crippen molar-refractivity contribution < 1.29 is 9.57 Å². The standard InChI is InChI=1S/C18H35N2.NO3/c1-4-7-8-9-10-11-12-13-18-19-14-17-20(18,15-5-2)16-6-3;2-1(3)4/h12-13H,4-11,14-17H2,1-3H3;/q+1;-1. The predicted octanol–water partition coefficient (Wildman–Crippen LogP) is 4.71. The number of unbranched alkanes of at least 4 members (excludes halogenated alkanes) is 5. The summed E-state index contributed by atoms with van der Waals surface area (Å²) >= 11 is 0. The van der Waals surface area contributed by atoms with Gasteiger partial charge < -0.3 is 15.3 Å². The molecule has 1 rings (SSSR count). The maximum Gasteiger partial charge on any atom is 0.222 e. The highest BCUT2D eigenvalue weighted by atomic mass is 16.9. The molecule has 24 heavy (non-hydrogen) atoms. The van der Waals surface area contributed by atoms with E-state index in [-0.39, 0.29) is 0 Å². The molecule has 0 aromatic rings. The van der Waals surface area contributed by atoms with E-state index < -0.39 is 5.09 Å². The van der Waals surface area contributed by atoms with Crippen LogP contribution in [-0.2, 0) is 0 Å². The summed E-state index contributed by atoms with van der Waals surface area (Å²) in [4.78, 5) is 13.0. The molecule has 0 aliphatic carbocycles. The number of amidine groups is 1. The quantitative estimate of drug-likeness (QED) is 0.236. The molecule has 0 unspecified atom stereocenters. The fourth-order valence-electron chi connectivity index (χ4n) is 3.31. The Hall–Kier alpha value is -1.43. The third-order valence-electron chi connectivity index (χ3n) is 4.33. The second-order valence-corrected chi connectivity index (χ2v) is 6.38. The van der Waals surface area contributed by atoms with Crippen LogP contribution in [0.2, 0.25) is 0 Å². The van der Waals surface area contributed by atoms with Crippen LogP contribution >= 0.6 is 0 Å². The van der Waals surface area contributed by atoms with E-state index in [1.54, 1.807) is 0 Å². The summed E-state index contributed by atoms with van der Waals surface area (Å²) in [6.45, 7) is 11.6. The van der Waals surface area contributed by atoms with Gasteiger partial charge in [0.1, 0.15) is 6.54 Å². The Morgan fingerprint density at radius 1 is 1.04 bits per heavy atom. The monoisotopic (exact) mass is 341 g/mol. The Kier molecular flexibility index (Phi) is 13.1. The molecule has 0 saturated carbocycles. The molecule has 0 N–H and O–H groups in total. The van der Waals surface area contributed by atoms with E-state index in [0.717, 1.165) is 11.0 Å². The number of aliphatic imine (C=N–C) groups is 1. The van der Waals surface area contributed by atoms with E-state index in [1.165, 1.54) is 76.8 Å². The van der Waals surface area contributed by atoms with Crippen LogP contribution in [0.15, 0.2) is 17.1 Å². The first-order chi connectivity index (χ1) is 11.5. The summed E-state index contributed by atoms with van der Waals surface area (Å²) in [5.74, 6) is 1.35. The lowest BCUT2D eigenvalue weighted by molar-refractivity contribution is -0.834. The highest BCUT2D eigenvalue weighted by Crippen LogP contribution is 2.19. The molecular formula is C18H35N3O3. The largest absolute Gasteiger partial charge is 0.356 e. The molecule has 0 aromatic heterocycles. The molecule has 6 nitrogen and oxygen atoms in total. The maximum absolute atomic E-state index is 8.25. The minimum absolute atomic E-state index is 1.02. The zero-order valence-corrected chi connectivity index (χ0v) is 15.7. The molecule has 1 aliphatic rings. The van der Waals surface area contributed by atoms with Crippen LogP contribution in [0, 0.1) is 15.3 Å². The number of nitrogens with zero attached hydrogens (tertiary/aromatic N) is 3. The van der Waals surface area contributed by atoms with Gasteiger partial charge in [0, 0.05) is 6.08 Å². The van der Waals surface area contributed by atoms with Crippen LogP contribution < -0.4 is 0 Å². The molecule has 0 bridgehead atoms. The SMILES string of the molecule is CCCCCCCC=CC1=NCC[N+]1(CCC)CCC.O=[N+]([O-])[O-]. The first-order valence-corrected chi connectivity index (χ1v) is 9.41. The molecule has 0 radical (unpaired) electrons. The first kappa shape index (κ1) is 22.6. The second kappa shape index (κ2) is 14.0. The van der Waals surface area contributed by atoms with Gasteiger partial charge in [-0.15, -0.1) is 0 Å². The molecule has 6 heteroatoms. The minimum atomic E-state index is -1.75. The normalized spacial score (nSPS) is 15.9. The number of hydrogen-bond acceptors (Lipinski definition) is 4. The van der Waals surface area contributed by atoms with E-state index in [4.69, 9.17) is 20.3 Å². The van der Waals surface area contributed by atoms with Gasteiger partial charge in [0.05, 0.1) is 24.7 Å². The topological polar surface area (TPSA) is 78.6 Å². The third kappa shape index (κ3) is 9.65. The van der Waals surface area contributed by atoms with Gasteiger partial charge in [0.25, 0.3) is 0 Å². The Balaban J connectivity index is 0.00000118. The smallest absolute Gasteiger partial charge is 0.222 e. The van der Waals surface area contributed by atoms with Gasteiger partial charge in [0.15, 0.2) is 0 Å². The third-order valence-corrected chi connectivity index (χ3v) is 4.33. The van der Waals surface area contributed by atoms with E-state index in [0.29, 0.717) is 0 Å². The first-order valence-electron chi connectivity index (χ1n) is 9.41. The summed E-state index contributed by atoms with van der Waals surface area (Å²) in [5, 5.41) is 14.8. The highest BCUT2D eigenvalue weighted by Gasteiger charge is 2.34. The number of hydrogen-bond donors (Lipinski definition) is 0. The van der Waals surface area contributed by atoms with Crippen molar-refractivity contribution in [2.75, 3.05) is 26.2 Å². The predicted molar refractivity (Wildman–Crippen MR) is 101 cm³/mol. The zero-order valence-electron chi connectivity index (χ0n) is 15.7. The summed E-state index contributed by atoms with van der Waals surface area (Å²) in [6.07, 6.45) is 15.3. The van der Waals surface area contributed by atoms with Gasteiger partial charge in [-0.25, -0.2) is 4.99 Å². The van der Waals surface area contributed by atoms with Gasteiger partial charge in [-0.3, -0.25) is 4.48 Å². The van der Waals surface area contributed by atoms with Crippen molar-refractivity contribution in [1.29, 1.82) is 0 Å². The fourth-order valence-corrected chi connectivity index (χ4v) is 3.31. The van der Waals surface area contributed by atoms with Crippen molar-refractivity contribution >= 4 is 5.84 Å². The summed E-state index contributed by atoms with van der Waals surface area (Å²) < 4.78 is 1.14. The molecule has 0 saturated heterocycles. The van der Waals surface area contributed by atoms with Crippen molar-refractivity contribution in [2.45, 2.75) is 72.1 Å². The molecule has 0 atom stereocenters. The van der Waals surface area contributed by atoms with E-state index in [1.807, 2.05) is 0 Å². The van der Waals surface area contributed by atoms with Gasteiger partial charge in [-0.1, -0.05) is 52.5 Å². The van der Waals surface area contributed by atoms with E-state index in [2.05, 4.69) is 32.9 Å². The van der Waals surface area contributed by atoms with E-state index >= 15 is 0 Å². The van der Waals surface area contributed by atoms with Crippen LogP contribution in [0.25, 0.3) is 0 Å². The van der Waals surface area contributed by atoms with Gasteiger partial charge in [-0.05, 0) is 25.7 Å². The van der Waals surface area contributed by atoms with Crippen LogP contribution in [0.1, 0.15) is 72.1 Å². The van der Waals surface area contributed by atoms with Gasteiger partial charge >= 0.3 is 0 Å². The number of quaternary nitrogens is 1. The summed E-state index contributed by atoms with van der Waals surface area (Å²) in [6, 6.07) is 0. The Morgan fingerprint density at radius 2 is 1.62 bits per heavy atom. The average molecular weight is 341 g/mol. The lowest BCUT2D eigenvalue weighted by atomic mass is 10.1. The Bertz CT molecular complexity index is 385. The maximum atomic E-state index is 8.25. The number of allylic oxidation sites excluding steroid dienone is 1. The van der Waals surface area contributed by atoms with Crippen molar-refractivity contribution in [1.82, 2.24) is 0 Å². The van der Waals surface area contributed by atoms with E-state index in [9.17, 15) is 0 Å². The average Bonchev–Trinajstić information content (AvgIpc) is 2.89. The molecule has 0 fully saturated rings. The molecular weight excluding hydrogens is 306 g/mol. The lowest BCUT2D eigenvalue weighted by Gasteiger charge is -2.33. The Labute approximate surface area is 147 Å². The van der Waals surface area contributed by atoms with Crippen molar-refractivity contribution in [3.05, 3.63) is 27.5 Å². The minimum Gasteiger partial charge on any atom is -0.356 e. The summed E-state index contributed by atoms with van der Waals surface area (Å²) in [5.41, 5.74) is 0. The molecule has 0 spiro atoms. The van der Waals surface area contributed by atoms with Gasteiger partial charge in [0.2, 0.25) is 5.84 Å². The molecule has 0 amide bonds. The molecule has 1 heterocycles. The summed E-state index contributed by atoms with van der Waals surface area (Å²) in [7, 11) is 0. The number of rotatable bonds is 11. The zero-order chi connectivity index (χ0) is 18.3. The van der Waals surface area contributed by atoms with Gasteiger partial charge in [-0.2, -0.15) is 0 Å². The fraction of sp³-hybridized carbons (Fsp3) is 0.833. The molecule has 140 valence electrons. The second-order valence-electron chi connectivity index (χ2n) is 6.38. The van der Waals surface area contributed by atoms with Crippen molar-refractivity contribution in [3.63, 3.8) is 0 Å². The van der Waals surface area contributed by atoms with Crippen LogP contribution in [0.5, 0.6) is 0 Å². The molecule has 1 aliphatic heterocycles. The van der Waals surface area contributed by atoms with Crippen LogP contribution in [0.3, 0.4) is 0 Å². The lowest BCUT2D eigenvalue weighted by Crippen LogP contribution is -2.51. The Morgan fingerprint density at radius 3 is 2.17 bits per heavy atom. The van der Waals surface area contributed by atoms with Crippen LogP contribution in [-0.4, -0.2) is 41.6 Å². The van der Waals surface area contributed by atoms with Crippen molar-refractivity contribution in [3.8, 4) is 0 Å². The molecule has 0 aromatic carbocycles. The highest BCUT2D eigenvalue weighted by molar-refractivity contribution is 5.88. The van der Waals surface area contributed by atoms with Crippen molar-refractivity contribution in [2.24, 2.45) is 4.99 Å². The van der Waals surface area contributed by atoms with Crippen LogP contribution in [0.4, 0.5) is 0 Å².